The first-order chi connectivity index (χ1) is 11.3. The maximum absolute atomic E-state index is 14.2. The second-order valence-electron chi connectivity index (χ2n) is 5.38. The van der Waals surface area contributed by atoms with Crippen LogP contribution in [-0.2, 0) is 10.0 Å². The van der Waals surface area contributed by atoms with Crippen LogP contribution < -0.4 is 10.0 Å². The molecule has 1 aliphatic rings. The predicted octanol–water partition coefficient (Wildman–Crippen LogP) is 4.92. The Balaban J connectivity index is 2.00. The summed E-state index contributed by atoms with van der Waals surface area (Å²) in [6.45, 7) is 0. The van der Waals surface area contributed by atoms with Crippen molar-refractivity contribution in [1.82, 2.24) is 0 Å². The number of anilines is 3. The quantitative estimate of drug-likeness (QED) is 0.758. The predicted molar refractivity (Wildman–Crippen MR) is 91.7 cm³/mol. The maximum atomic E-state index is 14.2. The molecule has 0 aliphatic heterocycles. The molecule has 1 aliphatic carbocycles. The minimum Gasteiger partial charge on any atom is -0.350 e. The van der Waals surface area contributed by atoms with E-state index < -0.39 is 26.9 Å². The number of hydrogen-bond acceptors (Lipinski definition) is 3. The molecule has 0 amide bonds. The molecule has 2 aromatic rings. The van der Waals surface area contributed by atoms with E-state index in [1.165, 1.54) is 18.2 Å². The summed E-state index contributed by atoms with van der Waals surface area (Å²) in [7, 11) is -3.63. The fourth-order valence-electron chi connectivity index (χ4n) is 2.10. The fourth-order valence-corrected chi connectivity index (χ4v) is 3.95. The highest BCUT2D eigenvalue weighted by molar-refractivity contribution is 7.93. The van der Waals surface area contributed by atoms with Crippen molar-refractivity contribution in [2.75, 3.05) is 10.0 Å². The third-order valence-electron chi connectivity index (χ3n) is 3.50. The monoisotopic (exact) mass is 392 g/mol. The highest BCUT2D eigenvalue weighted by Crippen LogP contribution is 2.36. The van der Waals surface area contributed by atoms with E-state index in [9.17, 15) is 17.2 Å². The molecule has 3 rings (SSSR count). The minimum absolute atomic E-state index is 0.0909. The molecular weight excluding hydrogens is 381 g/mol. The lowest BCUT2D eigenvalue weighted by atomic mass is 10.2. The SMILES string of the molecule is O=S(=O)(Nc1ccc(F)c(F)c1Nc1ccc(Cl)cc1Cl)C1CC1. The third-order valence-corrected chi connectivity index (χ3v) is 5.90. The van der Waals surface area contributed by atoms with Gasteiger partial charge in [-0.3, -0.25) is 4.72 Å². The topological polar surface area (TPSA) is 58.2 Å². The van der Waals surface area contributed by atoms with Gasteiger partial charge in [-0.15, -0.1) is 0 Å². The van der Waals surface area contributed by atoms with Crippen molar-refractivity contribution in [2.24, 2.45) is 0 Å². The molecule has 9 heteroatoms. The van der Waals surface area contributed by atoms with E-state index in [4.69, 9.17) is 23.2 Å². The molecule has 0 radical (unpaired) electrons. The second-order valence-corrected chi connectivity index (χ2v) is 8.18. The minimum atomic E-state index is -3.63. The first kappa shape index (κ1) is 17.3. The Kier molecular flexibility index (Phi) is 4.59. The molecule has 0 bridgehead atoms. The molecule has 0 heterocycles. The molecule has 2 aromatic carbocycles. The van der Waals surface area contributed by atoms with Crippen LogP contribution in [-0.4, -0.2) is 13.7 Å². The first-order valence-corrected chi connectivity index (χ1v) is 9.30. The van der Waals surface area contributed by atoms with Gasteiger partial charge in [0.1, 0.15) is 5.69 Å². The highest BCUT2D eigenvalue weighted by Gasteiger charge is 2.36. The Morgan fingerprint density at radius 3 is 2.33 bits per heavy atom. The van der Waals surface area contributed by atoms with Crippen molar-refractivity contribution in [3.63, 3.8) is 0 Å². The Morgan fingerprint density at radius 1 is 1.04 bits per heavy atom. The lowest BCUT2D eigenvalue weighted by molar-refractivity contribution is 0.512. The van der Waals surface area contributed by atoms with Crippen molar-refractivity contribution in [1.29, 1.82) is 0 Å². The molecule has 4 nitrogen and oxygen atoms in total. The van der Waals surface area contributed by atoms with Crippen LogP contribution in [0.1, 0.15) is 12.8 Å². The van der Waals surface area contributed by atoms with Crippen LogP contribution in [0, 0.1) is 11.6 Å². The molecule has 0 aromatic heterocycles. The summed E-state index contributed by atoms with van der Waals surface area (Å²) < 4.78 is 54.2. The van der Waals surface area contributed by atoms with Crippen molar-refractivity contribution in [2.45, 2.75) is 18.1 Å². The van der Waals surface area contributed by atoms with E-state index in [2.05, 4.69) is 10.0 Å². The van der Waals surface area contributed by atoms with Crippen molar-refractivity contribution < 1.29 is 17.2 Å². The van der Waals surface area contributed by atoms with Gasteiger partial charge in [0, 0.05) is 5.02 Å². The molecule has 128 valence electrons. The summed E-state index contributed by atoms with van der Waals surface area (Å²) in [5, 5.41) is 2.68. The average molecular weight is 393 g/mol. The van der Waals surface area contributed by atoms with E-state index >= 15 is 0 Å². The Labute approximate surface area is 147 Å². The molecule has 0 saturated heterocycles. The van der Waals surface area contributed by atoms with Gasteiger partial charge in [0.05, 0.1) is 21.6 Å². The molecular formula is C15H12Cl2F2N2O2S. The van der Waals surface area contributed by atoms with E-state index in [0.717, 1.165) is 12.1 Å². The zero-order valence-electron chi connectivity index (χ0n) is 12.1. The van der Waals surface area contributed by atoms with E-state index in [1.807, 2.05) is 0 Å². The Morgan fingerprint density at radius 2 is 1.71 bits per heavy atom. The number of benzene rings is 2. The van der Waals surface area contributed by atoms with Crippen molar-refractivity contribution in [3.05, 3.63) is 52.0 Å². The standard InChI is InChI=1S/C15H12Cl2F2N2O2S/c16-8-1-5-12(10(17)7-8)20-15-13(6-4-11(18)14(15)19)21-24(22,23)9-2-3-9/h1,4-7,9,20-21H,2-3H2. The summed E-state index contributed by atoms with van der Waals surface area (Å²) in [5.74, 6) is -2.33. The summed E-state index contributed by atoms with van der Waals surface area (Å²) in [5.41, 5.74) is -0.173. The van der Waals surface area contributed by atoms with E-state index in [1.54, 1.807) is 0 Å². The summed E-state index contributed by atoms with van der Waals surface area (Å²) in [6, 6.07) is 6.44. The average Bonchev–Trinajstić information content (AvgIpc) is 3.34. The number of halogens is 4. The molecule has 24 heavy (non-hydrogen) atoms. The number of sulfonamides is 1. The molecule has 1 fully saturated rings. The zero-order chi connectivity index (χ0) is 17.5. The van der Waals surface area contributed by atoms with Gasteiger partial charge in [-0.1, -0.05) is 23.2 Å². The van der Waals surface area contributed by atoms with Gasteiger partial charge in [-0.05, 0) is 43.2 Å². The van der Waals surface area contributed by atoms with Crippen LogP contribution in [0.3, 0.4) is 0 Å². The summed E-state index contributed by atoms with van der Waals surface area (Å²) in [6.07, 6.45) is 1.09. The van der Waals surface area contributed by atoms with Crippen LogP contribution >= 0.6 is 23.2 Å². The van der Waals surface area contributed by atoms with E-state index in [0.29, 0.717) is 17.9 Å². The van der Waals surface area contributed by atoms with Crippen molar-refractivity contribution in [3.8, 4) is 0 Å². The first-order valence-electron chi connectivity index (χ1n) is 6.99. The van der Waals surface area contributed by atoms with Crippen molar-refractivity contribution >= 4 is 50.3 Å². The maximum Gasteiger partial charge on any atom is 0.235 e. The highest BCUT2D eigenvalue weighted by atomic mass is 35.5. The van der Waals surface area contributed by atoms with Crippen LogP contribution in [0.4, 0.5) is 25.8 Å². The van der Waals surface area contributed by atoms with Gasteiger partial charge in [-0.2, -0.15) is 0 Å². The zero-order valence-corrected chi connectivity index (χ0v) is 14.4. The van der Waals surface area contributed by atoms with Gasteiger partial charge in [0.2, 0.25) is 10.0 Å². The third kappa shape index (κ3) is 3.58. The number of hydrogen-bond donors (Lipinski definition) is 2. The Bertz CT molecular complexity index is 903. The van der Waals surface area contributed by atoms with Gasteiger partial charge in [0.25, 0.3) is 0 Å². The molecule has 1 saturated carbocycles. The van der Waals surface area contributed by atoms with Gasteiger partial charge >= 0.3 is 0 Å². The summed E-state index contributed by atoms with van der Waals surface area (Å²) >= 11 is 11.8. The smallest absolute Gasteiger partial charge is 0.235 e. The normalized spacial score (nSPS) is 14.5. The second kappa shape index (κ2) is 6.38. The van der Waals surface area contributed by atoms with Gasteiger partial charge in [0.15, 0.2) is 11.6 Å². The van der Waals surface area contributed by atoms with Crippen LogP contribution in [0.5, 0.6) is 0 Å². The molecule has 2 N–H and O–H groups in total. The largest absolute Gasteiger partial charge is 0.350 e. The molecule has 0 spiro atoms. The van der Waals surface area contributed by atoms with Gasteiger partial charge in [-0.25, -0.2) is 17.2 Å². The Hall–Kier alpha value is -1.57. The fraction of sp³-hybridized carbons (Fsp3) is 0.200. The summed E-state index contributed by atoms with van der Waals surface area (Å²) in [4.78, 5) is 0. The number of nitrogens with one attached hydrogen (secondary N) is 2. The van der Waals surface area contributed by atoms with E-state index in [-0.39, 0.29) is 22.1 Å². The van der Waals surface area contributed by atoms with Crippen LogP contribution in [0.25, 0.3) is 0 Å². The molecule has 0 unspecified atom stereocenters. The lowest BCUT2D eigenvalue weighted by Gasteiger charge is -2.16. The molecule has 0 atom stereocenters. The van der Waals surface area contributed by atoms with Crippen LogP contribution in [0.15, 0.2) is 30.3 Å². The van der Waals surface area contributed by atoms with Crippen LogP contribution in [0.2, 0.25) is 10.0 Å². The van der Waals surface area contributed by atoms with Gasteiger partial charge < -0.3 is 5.32 Å². The number of rotatable bonds is 5. The lowest BCUT2D eigenvalue weighted by Crippen LogP contribution is -2.18.